The van der Waals surface area contributed by atoms with Crippen molar-refractivity contribution in [2.75, 3.05) is 33.8 Å². The molecule has 0 aromatic heterocycles. The fourth-order valence-corrected chi connectivity index (χ4v) is 2.08. The second-order valence-electron chi connectivity index (χ2n) is 6.24. The number of likely N-dealkylation sites (N-methyl/N-ethyl adjacent to an activating group) is 1. The minimum Gasteiger partial charge on any atom is -0.484 e. The number of carbonyl (C=O) groups excluding carboxylic acids is 1. The minimum atomic E-state index is -0.0582. The monoisotopic (exact) mass is 460 g/mol. The summed E-state index contributed by atoms with van der Waals surface area (Å²) in [5.74, 6) is 2.28. The van der Waals surface area contributed by atoms with Crippen LogP contribution in [0.15, 0.2) is 29.3 Å². The van der Waals surface area contributed by atoms with Crippen molar-refractivity contribution in [3.05, 3.63) is 29.8 Å². The predicted molar refractivity (Wildman–Crippen MR) is 112 cm³/mol. The fraction of sp³-hybridized carbons (Fsp3) is 0.556. The molecule has 1 fully saturated rings. The largest absolute Gasteiger partial charge is 0.484 e. The van der Waals surface area contributed by atoms with Crippen LogP contribution in [-0.4, -0.2) is 50.6 Å². The van der Waals surface area contributed by atoms with E-state index in [4.69, 9.17) is 4.74 Å². The maximum atomic E-state index is 11.6. The number of hydrogen-bond donors (Lipinski definition) is 2. The number of guanidine groups is 1. The Morgan fingerprint density at radius 2 is 2.08 bits per heavy atom. The summed E-state index contributed by atoms with van der Waals surface area (Å²) in [5, 5.41) is 6.64. The van der Waals surface area contributed by atoms with Gasteiger partial charge in [-0.15, -0.1) is 24.0 Å². The summed E-state index contributed by atoms with van der Waals surface area (Å²) in [5.41, 5.74) is 1.05. The molecule has 1 saturated carbocycles. The Morgan fingerprint density at radius 1 is 1.32 bits per heavy atom. The molecule has 0 spiro atoms. The van der Waals surface area contributed by atoms with Gasteiger partial charge >= 0.3 is 0 Å². The Balaban J connectivity index is 0.00000312. The van der Waals surface area contributed by atoms with E-state index in [1.54, 1.807) is 14.1 Å². The molecule has 0 heterocycles. The SMILES string of the molecule is CCNC(=NCc1cccc(OCC(=O)N(C)C)c1)NCC1CC1.I. The van der Waals surface area contributed by atoms with Gasteiger partial charge in [-0.25, -0.2) is 4.99 Å². The number of rotatable bonds is 8. The molecule has 2 rings (SSSR count). The van der Waals surface area contributed by atoms with E-state index in [9.17, 15) is 4.79 Å². The molecular formula is C18H29IN4O2. The van der Waals surface area contributed by atoms with E-state index < -0.39 is 0 Å². The number of ether oxygens (including phenoxy) is 1. The van der Waals surface area contributed by atoms with Gasteiger partial charge in [-0.1, -0.05) is 12.1 Å². The van der Waals surface area contributed by atoms with Crippen molar-refractivity contribution in [1.29, 1.82) is 0 Å². The number of aliphatic imine (C=N–C) groups is 1. The molecule has 0 radical (unpaired) electrons. The van der Waals surface area contributed by atoms with Crippen molar-refractivity contribution in [2.24, 2.45) is 10.9 Å². The number of amides is 1. The zero-order valence-electron chi connectivity index (χ0n) is 15.2. The van der Waals surface area contributed by atoms with Crippen LogP contribution in [0.4, 0.5) is 0 Å². The van der Waals surface area contributed by atoms with Gasteiger partial charge in [-0.3, -0.25) is 4.79 Å². The van der Waals surface area contributed by atoms with Gasteiger partial charge < -0.3 is 20.3 Å². The van der Waals surface area contributed by atoms with Crippen LogP contribution >= 0.6 is 24.0 Å². The van der Waals surface area contributed by atoms with Gasteiger partial charge in [0.2, 0.25) is 0 Å². The molecule has 7 heteroatoms. The molecule has 0 atom stereocenters. The molecule has 1 aromatic carbocycles. The van der Waals surface area contributed by atoms with Gasteiger partial charge in [0.1, 0.15) is 5.75 Å². The van der Waals surface area contributed by atoms with Crippen molar-refractivity contribution < 1.29 is 9.53 Å². The van der Waals surface area contributed by atoms with Gasteiger partial charge in [-0.2, -0.15) is 0 Å². The Morgan fingerprint density at radius 3 is 2.72 bits per heavy atom. The van der Waals surface area contributed by atoms with Gasteiger partial charge in [0, 0.05) is 27.2 Å². The highest BCUT2D eigenvalue weighted by Gasteiger charge is 2.21. The zero-order valence-corrected chi connectivity index (χ0v) is 17.6. The van der Waals surface area contributed by atoms with E-state index in [1.807, 2.05) is 24.3 Å². The number of benzene rings is 1. The van der Waals surface area contributed by atoms with Crippen molar-refractivity contribution in [1.82, 2.24) is 15.5 Å². The van der Waals surface area contributed by atoms with Crippen LogP contribution in [0.2, 0.25) is 0 Å². The van der Waals surface area contributed by atoms with Crippen LogP contribution in [0.5, 0.6) is 5.75 Å². The molecule has 1 amide bonds. The van der Waals surface area contributed by atoms with Crippen LogP contribution in [-0.2, 0) is 11.3 Å². The summed E-state index contributed by atoms with van der Waals surface area (Å²) in [4.78, 5) is 17.7. The summed E-state index contributed by atoms with van der Waals surface area (Å²) in [6.45, 7) is 4.50. The third-order valence-corrected chi connectivity index (χ3v) is 3.78. The number of carbonyl (C=O) groups is 1. The van der Waals surface area contributed by atoms with E-state index in [2.05, 4.69) is 22.5 Å². The quantitative estimate of drug-likeness (QED) is 0.355. The van der Waals surface area contributed by atoms with Crippen LogP contribution in [0, 0.1) is 5.92 Å². The van der Waals surface area contributed by atoms with Crippen molar-refractivity contribution in [3.63, 3.8) is 0 Å². The fourth-order valence-electron chi connectivity index (χ4n) is 2.08. The summed E-state index contributed by atoms with van der Waals surface area (Å²) < 4.78 is 5.54. The maximum Gasteiger partial charge on any atom is 0.259 e. The Bertz CT molecular complexity index is 574. The Labute approximate surface area is 167 Å². The molecule has 1 aliphatic carbocycles. The van der Waals surface area contributed by atoms with Crippen LogP contribution in [0.3, 0.4) is 0 Å². The topological polar surface area (TPSA) is 66.0 Å². The van der Waals surface area contributed by atoms with Crippen molar-refractivity contribution >= 4 is 35.8 Å². The lowest BCUT2D eigenvalue weighted by Gasteiger charge is -2.12. The van der Waals surface area contributed by atoms with E-state index in [1.165, 1.54) is 17.7 Å². The van der Waals surface area contributed by atoms with Gasteiger partial charge in [0.25, 0.3) is 5.91 Å². The minimum absolute atomic E-state index is 0. The number of halogens is 1. The Hall–Kier alpha value is -1.51. The molecule has 25 heavy (non-hydrogen) atoms. The third kappa shape index (κ3) is 8.42. The van der Waals surface area contributed by atoms with Gasteiger partial charge in [0.15, 0.2) is 12.6 Å². The first kappa shape index (κ1) is 21.5. The molecular weight excluding hydrogens is 431 g/mol. The average molecular weight is 460 g/mol. The van der Waals surface area contributed by atoms with Crippen LogP contribution in [0.25, 0.3) is 0 Å². The lowest BCUT2D eigenvalue weighted by atomic mass is 10.2. The molecule has 6 nitrogen and oxygen atoms in total. The first-order valence-corrected chi connectivity index (χ1v) is 8.52. The van der Waals surface area contributed by atoms with Gasteiger partial charge in [0.05, 0.1) is 6.54 Å². The summed E-state index contributed by atoms with van der Waals surface area (Å²) in [7, 11) is 3.43. The molecule has 0 saturated heterocycles. The van der Waals surface area contributed by atoms with Crippen molar-refractivity contribution in [3.8, 4) is 5.75 Å². The summed E-state index contributed by atoms with van der Waals surface area (Å²) in [6, 6.07) is 7.71. The summed E-state index contributed by atoms with van der Waals surface area (Å²) in [6.07, 6.45) is 2.63. The summed E-state index contributed by atoms with van der Waals surface area (Å²) >= 11 is 0. The van der Waals surface area contributed by atoms with E-state index in [-0.39, 0.29) is 36.5 Å². The molecule has 0 aliphatic heterocycles. The number of nitrogens with zero attached hydrogens (tertiary/aromatic N) is 2. The van der Waals surface area contributed by atoms with E-state index in [0.29, 0.717) is 12.3 Å². The number of nitrogens with one attached hydrogen (secondary N) is 2. The highest BCUT2D eigenvalue weighted by Crippen LogP contribution is 2.27. The molecule has 2 N–H and O–H groups in total. The third-order valence-electron chi connectivity index (χ3n) is 3.78. The smallest absolute Gasteiger partial charge is 0.259 e. The second kappa shape index (κ2) is 11.2. The van der Waals surface area contributed by atoms with E-state index >= 15 is 0 Å². The number of hydrogen-bond acceptors (Lipinski definition) is 3. The molecule has 0 bridgehead atoms. The maximum absolute atomic E-state index is 11.6. The van der Waals surface area contributed by atoms with Crippen LogP contribution < -0.4 is 15.4 Å². The first-order chi connectivity index (χ1) is 11.6. The standard InChI is InChI=1S/C18H28N4O2.HI/c1-4-19-18(20-11-14-8-9-14)21-12-15-6-5-7-16(10-15)24-13-17(23)22(2)3;/h5-7,10,14H,4,8-9,11-13H2,1-3H3,(H2,19,20,21);1H. The lowest BCUT2D eigenvalue weighted by Crippen LogP contribution is -2.38. The molecule has 1 aromatic rings. The normalized spacial score (nSPS) is 13.6. The highest BCUT2D eigenvalue weighted by atomic mass is 127. The van der Waals surface area contributed by atoms with Crippen LogP contribution in [0.1, 0.15) is 25.3 Å². The Kier molecular flexibility index (Phi) is 9.62. The highest BCUT2D eigenvalue weighted by molar-refractivity contribution is 14.0. The van der Waals surface area contributed by atoms with Crippen molar-refractivity contribution in [2.45, 2.75) is 26.3 Å². The second-order valence-corrected chi connectivity index (χ2v) is 6.24. The predicted octanol–water partition coefficient (Wildman–Crippen LogP) is 2.24. The zero-order chi connectivity index (χ0) is 17.4. The average Bonchev–Trinajstić information content (AvgIpc) is 3.40. The molecule has 1 aliphatic rings. The van der Waals surface area contributed by atoms with E-state index in [0.717, 1.165) is 30.5 Å². The molecule has 0 unspecified atom stereocenters. The first-order valence-electron chi connectivity index (χ1n) is 8.52. The molecule has 140 valence electrons. The lowest BCUT2D eigenvalue weighted by molar-refractivity contribution is -0.130. The van der Waals surface area contributed by atoms with Gasteiger partial charge in [-0.05, 0) is 43.4 Å².